The van der Waals surface area contributed by atoms with E-state index in [0.29, 0.717) is 5.75 Å². The van der Waals surface area contributed by atoms with E-state index in [9.17, 15) is 8.78 Å². The van der Waals surface area contributed by atoms with Crippen LogP contribution in [0.4, 0.5) is 8.78 Å². The summed E-state index contributed by atoms with van der Waals surface area (Å²) >= 11 is 0. The topological polar surface area (TPSA) is 9.23 Å². The van der Waals surface area contributed by atoms with E-state index >= 15 is 0 Å². The molecule has 0 atom stereocenters. The van der Waals surface area contributed by atoms with Gasteiger partial charge >= 0.3 is 0 Å². The van der Waals surface area contributed by atoms with Gasteiger partial charge in [-0.05, 0) is 37.1 Å². The molecule has 0 fully saturated rings. The van der Waals surface area contributed by atoms with E-state index in [1.54, 1.807) is 0 Å². The van der Waals surface area contributed by atoms with Crippen LogP contribution < -0.4 is 4.74 Å². The molecule has 2 aromatic rings. The minimum atomic E-state index is -0.582. The van der Waals surface area contributed by atoms with Crippen LogP contribution in [0.5, 0.6) is 5.75 Å². The zero-order valence-corrected chi connectivity index (χ0v) is 10.3. The number of halogens is 2. The number of ether oxygens (including phenoxy) is 1. The summed E-state index contributed by atoms with van der Waals surface area (Å²) < 4.78 is 32.4. The SMILES string of the molecule is Cc1cccc(C)c1OCc1c(F)cccc1F. The van der Waals surface area contributed by atoms with Crippen LogP contribution in [0.2, 0.25) is 0 Å². The molecular formula is C15H14F2O. The lowest BCUT2D eigenvalue weighted by molar-refractivity contribution is 0.288. The third kappa shape index (κ3) is 2.50. The van der Waals surface area contributed by atoms with Crippen LogP contribution in [-0.4, -0.2) is 0 Å². The predicted octanol–water partition coefficient (Wildman–Crippen LogP) is 4.16. The molecule has 0 aromatic heterocycles. The highest BCUT2D eigenvalue weighted by Gasteiger charge is 2.10. The molecule has 0 spiro atoms. The second-order valence-corrected chi connectivity index (χ2v) is 4.21. The average molecular weight is 248 g/mol. The van der Waals surface area contributed by atoms with E-state index in [0.717, 1.165) is 11.1 Å². The van der Waals surface area contributed by atoms with Crippen LogP contribution in [0.25, 0.3) is 0 Å². The van der Waals surface area contributed by atoms with E-state index in [4.69, 9.17) is 4.74 Å². The highest BCUT2D eigenvalue weighted by Crippen LogP contribution is 2.24. The minimum absolute atomic E-state index is 0.0415. The molecule has 0 unspecified atom stereocenters. The van der Waals surface area contributed by atoms with Gasteiger partial charge in [-0.25, -0.2) is 8.78 Å². The van der Waals surface area contributed by atoms with Gasteiger partial charge in [-0.15, -0.1) is 0 Å². The molecule has 18 heavy (non-hydrogen) atoms. The molecule has 0 aliphatic rings. The molecule has 0 aliphatic heterocycles. The van der Waals surface area contributed by atoms with Crippen molar-refractivity contribution in [3.8, 4) is 5.75 Å². The molecule has 1 nitrogen and oxygen atoms in total. The van der Waals surface area contributed by atoms with Gasteiger partial charge in [0, 0.05) is 0 Å². The zero-order valence-electron chi connectivity index (χ0n) is 10.3. The maximum absolute atomic E-state index is 13.4. The summed E-state index contributed by atoms with van der Waals surface area (Å²) in [5, 5.41) is 0. The van der Waals surface area contributed by atoms with Crippen molar-refractivity contribution in [2.24, 2.45) is 0 Å². The molecule has 0 aliphatic carbocycles. The van der Waals surface area contributed by atoms with Crippen molar-refractivity contribution in [3.63, 3.8) is 0 Å². The van der Waals surface area contributed by atoms with Gasteiger partial charge in [0.15, 0.2) is 0 Å². The molecular weight excluding hydrogens is 234 g/mol. The standard InChI is InChI=1S/C15H14F2O/c1-10-5-3-6-11(2)15(10)18-9-12-13(16)7-4-8-14(12)17/h3-8H,9H2,1-2H3. The molecule has 0 N–H and O–H groups in total. The second kappa shape index (κ2) is 5.17. The molecule has 94 valence electrons. The monoisotopic (exact) mass is 248 g/mol. The number of aryl methyl sites for hydroxylation is 2. The summed E-state index contributed by atoms with van der Waals surface area (Å²) in [6.45, 7) is 3.70. The fourth-order valence-electron chi connectivity index (χ4n) is 1.84. The molecule has 0 radical (unpaired) electrons. The summed E-state index contributed by atoms with van der Waals surface area (Å²) in [7, 11) is 0. The summed E-state index contributed by atoms with van der Waals surface area (Å²) in [6, 6.07) is 9.52. The summed E-state index contributed by atoms with van der Waals surface area (Å²) in [5.74, 6) is -0.484. The molecule has 2 aromatic carbocycles. The third-order valence-corrected chi connectivity index (χ3v) is 2.83. The summed E-state index contributed by atoms with van der Waals surface area (Å²) in [4.78, 5) is 0. The molecule has 3 heteroatoms. The van der Waals surface area contributed by atoms with Crippen molar-refractivity contribution in [3.05, 3.63) is 64.7 Å². The Morgan fingerprint density at radius 3 is 1.94 bits per heavy atom. The van der Waals surface area contributed by atoms with Gasteiger partial charge < -0.3 is 4.74 Å². The van der Waals surface area contributed by atoms with Gasteiger partial charge in [-0.1, -0.05) is 24.3 Å². The fourth-order valence-corrected chi connectivity index (χ4v) is 1.84. The van der Waals surface area contributed by atoms with Crippen LogP contribution in [0.3, 0.4) is 0 Å². The molecule has 2 rings (SSSR count). The fraction of sp³-hybridized carbons (Fsp3) is 0.200. The van der Waals surface area contributed by atoms with Crippen molar-refractivity contribution < 1.29 is 13.5 Å². The second-order valence-electron chi connectivity index (χ2n) is 4.21. The largest absolute Gasteiger partial charge is 0.488 e. The van der Waals surface area contributed by atoms with Crippen LogP contribution in [0.15, 0.2) is 36.4 Å². The lowest BCUT2D eigenvalue weighted by atomic mass is 10.1. The lowest BCUT2D eigenvalue weighted by Crippen LogP contribution is -2.03. The van der Waals surface area contributed by atoms with E-state index in [-0.39, 0.29) is 12.2 Å². The van der Waals surface area contributed by atoms with Gasteiger partial charge in [0.2, 0.25) is 0 Å². The van der Waals surface area contributed by atoms with E-state index in [2.05, 4.69) is 0 Å². The highest BCUT2D eigenvalue weighted by atomic mass is 19.1. The first-order chi connectivity index (χ1) is 8.59. The first-order valence-electron chi connectivity index (χ1n) is 5.71. The van der Waals surface area contributed by atoms with Gasteiger partial charge in [0.1, 0.15) is 24.0 Å². The lowest BCUT2D eigenvalue weighted by Gasteiger charge is -2.12. The van der Waals surface area contributed by atoms with Gasteiger partial charge in [0.05, 0.1) is 5.56 Å². The van der Waals surface area contributed by atoms with Gasteiger partial charge in [-0.2, -0.15) is 0 Å². The van der Waals surface area contributed by atoms with E-state index in [1.165, 1.54) is 18.2 Å². The smallest absolute Gasteiger partial charge is 0.132 e. The van der Waals surface area contributed by atoms with Crippen LogP contribution in [-0.2, 0) is 6.61 Å². The molecule has 0 heterocycles. The Hall–Kier alpha value is -1.90. The van der Waals surface area contributed by atoms with Gasteiger partial charge in [-0.3, -0.25) is 0 Å². The van der Waals surface area contributed by atoms with Crippen LogP contribution >= 0.6 is 0 Å². The van der Waals surface area contributed by atoms with Crippen LogP contribution in [0.1, 0.15) is 16.7 Å². The number of hydrogen-bond donors (Lipinski definition) is 0. The first kappa shape index (κ1) is 12.6. The minimum Gasteiger partial charge on any atom is -0.488 e. The summed E-state index contributed by atoms with van der Waals surface area (Å²) in [6.07, 6.45) is 0. The Kier molecular flexibility index (Phi) is 3.60. The first-order valence-corrected chi connectivity index (χ1v) is 5.71. The van der Waals surface area contributed by atoms with Crippen LogP contribution in [0, 0.1) is 25.5 Å². The van der Waals surface area contributed by atoms with Crippen molar-refractivity contribution in [2.45, 2.75) is 20.5 Å². The van der Waals surface area contributed by atoms with E-state index in [1.807, 2.05) is 32.0 Å². The van der Waals surface area contributed by atoms with Crippen molar-refractivity contribution in [2.75, 3.05) is 0 Å². The molecule has 0 saturated carbocycles. The Balaban J connectivity index is 2.22. The number of hydrogen-bond acceptors (Lipinski definition) is 1. The molecule has 0 bridgehead atoms. The Morgan fingerprint density at radius 2 is 1.39 bits per heavy atom. The summed E-state index contributed by atoms with van der Waals surface area (Å²) in [5.41, 5.74) is 1.86. The normalized spacial score (nSPS) is 10.4. The van der Waals surface area contributed by atoms with Crippen molar-refractivity contribution in [1.82, 2.24) is 0 Å². The average Bonchev–Trinajstić information content (AvgIpc) is 2.31. The Labute approximate surface area is 105 Å². The molecule has 0 saturated heterocycles. The van der Waals surface area contributed by atoms with E-state index < -0.39 is 11.6 Å². The number of para-hydroxylation sites is 1. The number of rotatable bonds is 3. The maximum atomic E-state index is 13.4. The highest BCUT2D eigenvalue weighted by molar-refractivity contribution is 5.39. The Morgan fingerprint density at radius 1 is 0.889 bits per heavy atom. The predicted molar refractivity (Wildman–Crippen MR) is 66.6 cm³/mol. The quantitative estimate of drug-likeness (QED) is 0.792. The zero-order chi connectivity index (χ0) is 13.1. The van der Waals surface area contributed by atoms with Crippen molar-refractivity contribution >= 4 is 0 Å². The number of benzene rings is 2. The van der Waals surface area contributed by atoms with Crippen molar-refractivity contribution in [1.29, 1.82) is 0 Å². The molecule has 0 amide bonds. The maximum Gasteiger partial charge on any atom is 0.132 e. The van der Waals surface area contributed by atoms with Gasteiger partial charge in [0.25, 0.3) is 0 Å². The third-order valence-electron chi connectivity index (χ3n) is 2.83. The Bertz CT molecular complexity index is 472.